The Morgan fingerprint density at radius 1 is 1.04 bits per heavy atom. The third-order valence-corrected chi connectivity index (χ3v) is 6.16. The third-order valence-electron chi connectivity index (χ3n) is 6.16. The highest BCUT2D eigenvalue weighted by Crippen LogP contribution is 2.26. The van der Waals surface area contributed by atoms with E-state index in [-0.39, 0.29) is 0 Å². The summed E-state index contributed by atoms with van der Waals surface area (Å²) in [5, 5.41) is 10.6. The second-order valence-corrected chi connectivity index (χ2v) is 8.27. The minimum atomic E-state index is -0.434. The van der Waals surface area contributed by atoms with E-state index in [1.165, 1.54) is 62.9 Å². The van der Waals surface area contributed by atoms with E-state index < -0.39 is 6.10 Å². The minimum absolute atomic E-state index is 0.373. The lowest BCUT2D eigenvalue weighted by Crippen LogP contribution is -2.45. The van der Waals surface area contributed by atoms with E-state index in [1.54, 1.807) is 0 Å². The van der Waals surface area contributed by atoms with Crippen LogP contribution in [-0.4, -0.2) is 66.4 Å². The lowest BCUT2D eigenvalue weighted by atomic mass is 10.1. The summed E-state index contributed by atoms with van der Waals surface area (Å²) in [4.78, 5) is 5.10. The molecule has 1 N–H and O–H groups in total. The number of piperidine rings is 1. The molecule has 0 amide bonds. The van der Waals surface area contributed by atoms with Gasteiger partial charge in [-0.15, -0.1) is 0 Å². The molecule has 0 aromatic heterocycles. The maximum absolute atomic E-state index is 10.6. The number of nitrogens with zero attached hydrogens (tertiary/aromatic N) is 2. The molecule has 0 unspecified atom stereocenters. The minimum Gasteiger partial charge on any atom is -0.490 e. The molecular formula is C22H36N2O2. The van der Waals surface area contributed by atoms with Crippen molar-refractivity contribution in [3.8, 4) is 5.75 Å². The van der Waals surface area contributed by atoms with Crippen molar-refractivity contribution >= 4 is 0 Å². The second-order valence-electron chi connectivity index (χ2n) is 8.27. The molecule has 2 aliphatic rings. The number of hydrogen-bond acceptors (Lipinski definition) is 4. The lowest BCUT2D eigenvalue weighted by Gasteiger charge is -2.33. The van der Waals surface area contributed by atoms with Gasteiger partial charge in [0.15, 0.2) is 0 Å². The summed E-state index contributed by atoms with van der Waals surface area (Å²) in [6, 6.07) is 4.83. The third kappa shape index (κ3) is 4.99. The van der Waals surface area contributed by atoms with E-state index in [0.717, 1.165) is 24.4 Å². The van der Waals surface area contributed by atoms with E-state index in [1.807, 2.05) is 0 Å². The van der Waals surface area contributed by atoms with Gasteiger partial charge in [0.2, 0.25) is 0 Å². The molecule has 146 valence electrons. The van der Waals surface area contributed by atoms with E-state index in [0.29, 0.717) is 12.6 Å². The zero-order valence-electron chi connectivity index (χ0n) is 16.8. The molecule has 0 radical (unpaired) electrons. The monoisotopic (exact) mass is 360 g/mol. The first-order valence-corrected chi connectivity index (χ1v) is 10.4. The molecule has 4 nitrogen and oxygen atoms in total. The molecule has 0 saturated carbocycles. The maximum Gasteiger partial charge on any atom is 0.125 e. The number of hydrogen-bond donors (Lipinski definition) is 1. The van der Waals surface area contributed by atoms with Gasteiger partial charge in [-0.3, -0.25) is 4.90 Å². The molecule has 1 aromatic carbocycles. The standard InChI is InChI=1S/C22H36N2O2/c1-17-9-10-18(2)22(19(17)3)26-16-21(25)15-24-13-7-8-20(24)14-23-11-5-4-6-12-23/h9-10,20-21,25H,4-8,11-16H2,1-3H3/t20-,21-/m1/s1. The predicted octanol–water partition coefficient (Wildman–Crippen LogP) is 3.30. The average Bonchev–Trinajstić information content (AvgIpc) is 3.06. The van der Waals surface area contributed by atoms with Crippen LogP contribution in [0.25, 0.3) is 0 Å². The number of benzene rings is 1. The molecule has 3 rings (SSSR count). The SMILES string of the molecule is Cc1ccc(C)c(OC[C@H](O)CN2CCC[C@@H]2CN2CCCCC2)c1C. The predicted molar refractivity (Wildman–Crippen MR) is 107 cm³/mol. The van der Waals surface area contributed by atoms with Crippen molar-refractivity contribution in [1.29, 1.82) is 0 Å². The number of rotatable bonds is 7. The van der Waals surface area contributed by atoms with Crippen LogP contribution in [0, 0.1) is 20.8 Å². The Hall–Kier alpha value is -1.10. The molecule has 0 bridgehead atoms. The number of aryl methyl sites for hydroxylation is 2. The van der Waals surface area contributed by atoms with Crippen molar-refractivity contribution in [3.05, 3.63) is 28.8 Å². The van der Waals surface area contributed by atoms with Crippen LogP contribution in [0.3, 0.4) is 0 Å². The quantitative estimate of drug-likeness (QED) is 0.809. The zero-order chi connectivity index (χ0) is 18.5. The molecule has 1 aromatic rings. The summed E-state index contributed by atoms with van der Waals surface area (Å²) in [5.74, 6) is 0.940. The maximum atomic E-state index is 10.6. The highest BCUT2D eigenvalue weighted by Gasteiger charge is 2.28. The first-order chi connectivity index (χ1) is 12.5. The number of ether oxygens (including phenoxy) is 1. The van der Waals surface area contributed by atoms with Gasteiger partial charge in [0.05, 0.1) is 0 Å². The second kappa shape index (κ2) is 9.20. The molecule has 4 heteroatoms. The fourth-order valence-corrected chi connectivity index (χ4v) is 4.43. The highest BCUT2D eigenvalue weighted by atomic mass is 16.5. The average molecular weight is 361 g/mol. The van der Waals surface area contributed by atoms with Crippen molar-refractivity contribution in [2.75, 3.05) is 39.3 Å². The fraction of sp³-hybridized carbons (Fsp3) is 0.727. The molecule has 0 spiro atoms. The van der Waals surface area contributed by atoms with Crippen molar-refractivity contribution in [2.24, 2.45) is 0 Å². The Morgan fingerprint density at radius 2 is 1.77 bits per heavy atom. The topological polar surface area (TPSA) is 35.9 Å². The summed E-state index contributed by atoms with van der Waals surface area (Å²) in [5.41, 5.74) is 3.56. The van der Waals surface area contributed by atoms with Crippen molar-refractivity contribution in [2.45, 2.75) is 65.0 Å². The molecule has 2 heterocycles. The van der Waals surface area contributed by atoms with Crippen LogP contribution in [0.1, 0.15) is 48.8 Å². The van der Waals surface area contributed by atoms with Crippen LogP contribution in [-0.2, 0) is 0 Å². The number of aliphatic hydroxyl groups excluding tert-OH is 1. The Bertz CT molecular complexity index is 584. The molecule has 2 aliphatic heterocycles. The molecule has 26 heavy (non-hydrogen) atoms. The van der Waals surface area contributed by atoms with Gasteiger partial charge in [0, 0.05) is 19.1 Å². The van der Waals surface area contributed by atoms with E-state index >= 15 is 0 Å². The number of aliphatic hydroxyl groups is 1. The summed E-state index contributed by atoms with van der Waals surface area (Å²) in [6.07, 6.45) is 6.16. The van der Waals surface area contributed by atoms with Gasteiger partial charge in [-0.25, -0.2) is 0 Å². The molecule has 2 saturated heterocycles. The summed E-state index contributed by atoms with van der Waals surface area (Å²) in [7, 11) is 0. The smallest absolute Gasteiger partial charge is 0.125 e. The number of β-amino-alcohol motifs (C(OH)–C–C–N with tert-alkyl or cyclic N) is 1. The molecule has 0 aliphatic carbocycles. The van der Waals surface area contributed by atoms with Gasteiger partial charge in [0.1, 0.15) is 18.5 Å². The van der Waals surface area contributed by atoms with Crippen LogP contribution in [0.4, 0.5) is 0 Å². The van der Waals surface area contributed by atoms with Crippen LogP contribution < -0.4 is 4.74 Å². The first kappa shape index (κ1) is 19.7. The Labute approximate surface area is 159 Å². The van der Waals surface area contributed by atoms with Crippen LogP contribution in [0.5, 0.6) is 5.75 Å². The van der Waals surface area contributed by atoms with E-state index in [9.17, 15) is 5.11 Å². The van der Waals surface area contributed by atoms with Crippen molar-refractivity contribution in [3.63, 3.8) is 0 Å². The van der Waals surface area contributed by atoms with Crippen LogP contribution >= 0.6 is 0 Å². The Morgan fingerprint density at radius 3 is 2.54 bits per heavy atom. The largest absolute Gasteiger partial charge is 0.490 e. The highest BCUT2D eigenvalue weighted by molar-refractivity contribution is 5.44. The van der Waals surface area contributed by atoms with Gasteiger partial charge in [-0.1, -0.05) is 18.6 Å². The Kier molecular flexibility index (Phi) is 6.96. The van der Waals surface area contributed by atoms with Crippen molar-refractivity contribution in [1.82, 2.24) is 9.80 Å². The Balaban J connectivity index is 1.49. The number of likely N-dealkylation sites (tertiary alicyclic amines) is 2. The summed E-state index contributed by atoms with van der Waals surface area (Å²) in [6.45, 7) is 12.2. The van der Waals surface area contributed by atoms with Gasteiger partial charge in [-0.2, -0.15) is 0 Å². The molecular weight excluding hydrogens is 324 g/mol. The van der Waals surface area contributed by atoms with E-state index in [2.05, 4.69) is 42.7 Å². The van der Waals surface area contributed by atoms with Gasteiger partial charge < -0.3 is 14.7 Å². The van der Waals surface area contributed by atoms with E-state index in [4.69, 9.17) is 4.74 Å². The summed E-state index contributed by atoms with van der Waals surface area (Å²) >= 11 is 0. The van der Waals surface area contributed by atoms with Gasteiger partial charge >= 0.3 is 0 Å². The molecule has 2 atom stereocenters. The fourth-order valence-electron chi connectivity index (χ4n) is 4.43. The molecule has 2 fully saturated rings. The van der Waals surface area contributed by atoms with Gasteiger partial charge in [0.25, 0.3) is 0 Å². The first-order valence-electron chi connectivity index (χ1n) is 10.4. The van der Waals surface area contributed by atoms with Crippen LogP contribution in [0.2, 0.25) is 0 Å². The normalized spacial score (nSPS) is 23.3. The van der Waals surface area contributed by atoms with Crippen molar-refractivity contribution < 1.29 is 9.84 Å². The summed E-state index contributed by atoms with van der Waals surface area (Å²) < 4.78 is 6.02. The van der Waals surface area contributed by atoms with Crippen LogP contribution in [0.15, 0.2) is 12.1 Å². The zero-order valence-corrected chi connectivity index (χ0v) is 16.8. The lowest BCUT2D eigenvalue weighted by molar-refractivity contribution is 0.0551. The van der Waals surface area contributed by atoms with Gasteiger partial charge in [-0.05, 0) is 82.8 Å².